The molecule has 0 aliphatic carbocycles. The van der Waals surface area contributed by atoms with Crippen LogP contribution in [0.2, 0.25) is 0 Å². The van der Waals surface area contributed by atoms with Crippen molar-refractivity contribution in [2.24, 2.45) is 0 Å². The fourth-order valence-corrected chi connectivity index (χ4v) is 2.58. The van der Waals surface area contributed by atoms with Crippen LogP contribution in [0.25, 0.3) is 10.8 Å². The molecule has 0 bridgehead atoms. The van der Waals surface area contributed by atoms with Crippen LogP contribution in [0, 0.1) is 0 Å². The maximum atomic E-state index is 11.9. The zero-order chi connectivity index (χ0) is 17.4. The predicted octanol–water partition coefficient (Wildman–Crippen LogP) is -2.32. The molecule has 0 radical (unpaired) electrons. The zero-order valence-corrected chi connectivity index (χ0v) is 12.4. The van der Waals surface area contributed by atoms with Gasteiger partial charge in [-0.15, -0.1) is 5.10 Å². The summed E-state index contributed by atoms with van der Waals surface area (Å²) in [4.78, 5) is 11.9. The molecule has 130 valence electrons. The fraction of sp³-hybridized carbons (Fsp3) is 0.429. The van der Waals surface area contributed by atoms with E-state index in [2.05, 4.69) is 10.2 Å². The number of H-pyrrole nitrogens is 1. The Kier molecular flexibility index (Phi) is 4.39. The highest BCUT2D eigenvalue weighted by molar-refractivity contribution is 5.94. The average Bonchev–Trinajstić information content (AvgIpc) is 2.57. The first-order valence-electron chi connectivity index (χ1n) is 7.18. The minimum absolute atomic E-state index is 0.0822. The molecule has 10 heteroatoms. The van der Waals surface area contributed by atoms with E-state index >= 15 is 0 Å². The van der Waals surface area contributed by atoms with Gasteiger partial charge in [-0.05, 0) is 12.1 Å². The van der Waals surface area contributed by atoms with Crippen molar-refractivity contribution in [3.8, 4) is 5.88 Å². The molecule has 1 aromatic heterocycles. The lowest BCUT2D eigenvalue weighted by atomic mass is 9.99. The highest BCUT2D eigenvalue weighted by atomic mass is 16.7. The predicted molar refractivity (Wildman–Crippen MR) is 81.2 cm³/mol. The van der Waals surface area contributed by atoms with Crippen LogP contribution in [0.4, 0.5) is 5.69 Å². The van der Waals surface area contributed by atoms with Gasteiger partial charge in [-0.2, -0.15) is 0 Å². The standard InChI is InChI=1S/C14H17N3O7/c15-6-3-1-2-5-8(6)12(22)16-17-13(5)24-14-11(21)10(20)9(19)7(4-18)23-14/h1-3,7,9-11,14,18-21H,4,15H2,(H,16,22)/t7-,9+,10+,11-,14+/m1/s1. The Morgan fingerprint density at radius 2 is 2.00 bits per heavy atom. The number of aliphatic hydroxyl groups is 4. The Morgan fingerprint density at radius 1 is 1.25 bits per heavy atom. The van der Waals surface area contributed by atoms with Gasteiger partial charge in [0.15, 0.2) is 0 Å². The summed E-state index contributed by atoms with van der Waals surface area (Å²) in [6, 6.07) is 4.68. The zero-order valence-electron chi connectivity index (χ0n) is 12.4. The summed E-state index contributed by atoms with van der Waals surface area (Å²) >= 11 is 0. The number of hydrogen-bond acceptors (Lipinski definition) is 9. The second kappa shape index (κ2) is 6.34. The molecule has 5 atom stereocenters. The number of aliphatic hydroxyl groups excluding tert-OH is 4. The highest BCUT2D eigenvalue weighted by Gasteiger charge is 2.45. The summed E-state index contributed by atoms with van der Waals surface area (Å²) in [5.74, 6) is -0.0822. The van der Waals surface area contributed by atoms with E-state index in [1.165, 1.54) is 6.07 Å². The van der Waals surface area contributed by atoms with E-state index in [1.54, 1.807) is 12.1 Å². The topological polar surface area (TPSA) is 171 Å². The second-order valence-corrected chi connectivity index (χ2v) is 5.44. The Hall–Kier alpha value is -2.24. The van der Waals surface area contributed by atoms with Crippen LogP contribution in [0.15, 0.2) is 23.0 Å². The van der Waals surface area contributed by atoms with Gasteiger partial charge in [0.25, 0.3) is 5.56 Å². The minimum Gasteiger partial charge on any atom is -0.443 e. The third-order valence-electron chi connectivity index (χ3n) is 3.89. The molecule has 1 fully saturated rings. The largest absolute Gasteiger partial charge is 0.443 e. The number of benzene rings is 1. The Balaban J connectivity index is 1.97. The molecule has 10 nitrogen and oxygen atoms in total. The molecular weight excluding hydrogens is 322 g/mol. The normalized spacial score (nSPS) is 30.4. The van der Waals surface area contributed by atoms with Gasteiger partial charge in [0.1, 0.15) is 24.4 Å². The molecule has 1 saturated heterocycles. The van der Waals surface area contributed by atoms with E-state index in [1.807, 2.05) is 0 Å². The number of nitrogens with zero attached hydrogens (tertiary/aromatic N) is 1. The molecule has 3 rings (SSSR count). The van der Waals surface area contributed by atoms with E-state index in [0.717, 1.165) is 0 Å². The molecule has 24 heavy (non-hydrogen) atoms. The van der Waals surface area contributed by atoms with E-state index in [9.17, 15) is 25.2 Å². The van der Waals surface area contributed by atoms with Crippen molar-refractivity contribution in [1.29, 1.82) is 0 Å². The molecule has 1 aliphatic rings. The van der Waals surface area contributed by atoms with Crippen LogP contribution in [0.1, 0.15) is 0 Å². The van der Waals surface area contributed by atoms with E-state index in [0.29, 0.717) is 0 Å². The average molecular weight is 339 g/mol. The van der Waals surface area contributed by atoms with Gasteiger partial charge in [-0.25, -0.2) is 5.10 Å². The summed E-state index contributed by atoms with van der Waals surface area (Å²) in [5, 5.41) is 45.1. The number of rotatable bonds is 3. The maximum absolute atomic E-state index is 11.9. The van der Waals surface area contributed by atoms with Crippen molar-refractivity contribution < 1.29 is 29.9 Å². The Morgan fingerprint density at radius 3 is 2.71 bits per heavy atom. The van der Waals surface area contributed by atoms with Gasteiger partial charge >= 0.3 is 0 Å². The van der Waals surface area contributed by atoms with Gasteiger partial charge in [0, 0.05) is 5.69 Å². The van der Waals surface area contributed by atoms with Crippen molar-refractivity contribution >= 4 is 16.5 Å². The minimum atomic E-state index is -1.59. The van der Waals surface area contributed by atoms with E-state index < -0.39 is 42.9 Å². The molecular formula is C14H17N3O7. The number of fused-ring (bicyclic) bond motifs is 1. The van der Waals surface area contributed by atoms with E-state index in [4.69, 9.17) is 15.2 Å². The van der Waals surface area contributed by atoms with Crippen LogP contribution in [0.5, 0.6) is 5.88 Å². The van der Waals surface area contributed by atoms with Gasteiger partial charge in [0.2, 0.25) is 12.2 Å². The number of hydrogen-bond donors (Lipinski definition) is 6. The summed E-state index contributed by atoms with van der Waals surface area (Å²) in [6.45, 7) is -0.586. The molecule has 1 aliphatic heterocycles. The van der Waals surface area contributed by atoms with Gasteiger partial charge in [-0.1, -0.05) is 6.07 Å². The third-order valence-corrected chi connectivity index (χ3v) is 3.89. The van der Waals surface area contributed by atoms with Crippen LogP contribution in [-0.4, -0.2) is 67.9 Å². The molecule has 0 saturated carbocycles. The number of nitrogens with one attached hydrogen (secondary N) is 1. The lowest BCUT2D eigenvalue weighted by Crippen LogP contribution is -2.60. The van der Waals surface area contributed by atoms with Crippen molar-refractivity contribution in [2.75, 3.05) is 12.3 Å². The van der Waals surface area contributed by atoms with Crippen molar-refractivity contribution in [1.82, 2.24) is 10.2 Å². The summed E-state index contributed by atoms with van der Waals surface area (Å²) in [7, 11) is 0. The summed E-state index contributed by atoms with van der Waals surface area (Å²) in [5.41, 5.74) is 5.49. The first-order chi connectivity index (χ1) is 11.4. The van der Waals surface area contributed by atoms with Crippen LogP contribution >= 0.6 is 0 Å². The Bertz CT molecular complexity index is 794. The van der Waals surface area contributed by atoms with Gasteiger partial charge in [0.05, 0.1) is 17.4 Å². The number of anilines is 1. The third kappa shape index (κ3) is 2.70. The first-order valence-corrected chi connectivity index (χ1v) is 7.18. The smallest absolute Gasteiger partial charge is 0.274 e. The number of ether oxygens (including phenoxy) is 2. The van der Waals surface area contributed by atoms with Crippen LogP contribution in [0.3, 0.4) is 0 Å². The van der Waals surface area contributed by atoms with Gasteiger partial charge in [-0.3, -0.25) is 4.79 Å². The second-order valence-electron chi connectivity index (χ2n) is 5.44. The lowest BCUT2D eigenvalue weighted by Gasteiger charge is -2.39. The molecule has 0 amide bonds. The monoisotopic (exact) mass is 339 g/mol. The SMILES string of the molecule is Nc1cccc2c(O[C@@H]3O[C@H](CO)[C@H](O)[C@H](O)[C@H]3O)n[nH]c(=O)c12. The molecule has 0 unspecified atom stereocenters. The van der Waals surface area contributed by atoms with Gasteiger partial charge < -0.3 is 35.6 Å². The van der Waals surface area contributed by atoms with Crippen molar-refractivity contribution in [3.63, 3.8) is 0 Å². The number of nitrogens with two attached hydrogens (primary N) is 1. The quantitative estimate of drug-likeness (QED) is 0.336. The molecule has 0 spiro atoms. The van der Waals surface area contributed by atoms with Crippen molar-refractivity contribution in [3.05, 3.63) is 28.6 Å². The number of nitrogen functional groups attached to an aromatic ring is 1. The Labute approximate surface area is 135 Å². The summed E-state index contributed by atoms with van der Waals surface area (Å²) in [6.07, 6.45) is -7.20. The molecule has 7 N–H and O–H groups in total. The number of aromatic nitrogens is 2. The van der Waals surface area contributed by atoms with E-state index in [-0.39, 0.29) is 22.3 Å². The maximum Gasteiger partial charge on any atom is 0.274 e. The molecule has 1 aromatic carbocycles. The van der Waals surface area contributed by atoms with Crippen molar-refractivity contribution in [2.45, 2.75) is 30.7 Å². The van der Waals surface area contributed by atoms with Crippen LogP contribution < -0.4 is 16.0 Å². The highest BCUT2D eigenvalue weighted by Crippen LogP contribution is 2.28. The lowest BCUT2D eigenvalue weighted by molar-refractivity contribution is -0.278. The first kappa shape index (κ1) is 16.6. The summed E-state index contributed by atoms with van der Waals surface area (Å²) < 4.78 is 10.7. The molecule has 2 heterocycles. The number of aromatic amines is 1. The van der Waals surface area contributed by atoms with Crippen LogP contribution in [-0.2, 0) is 4.74 Å². The fourth-order valence-electron chi connectivity index (χ4n) is 2.58. The molecule has 2 aromatic rings.